The van der Waals surface area contributed by atoms with Gasteiger partial charge in [0, 0.05) is 0 Å². The fourth-order valence-electron chi connectivity index (χ4n) is 8.40. The van der Waals surface area contributed by atoms with Gasteiger partial charge in [0.05, 0.1) is 0 Å². The molecule has 47 heavy (non-hydrogen) atoms. The standard InChI is InChI=1S/C47H56/c1-34(22-24-38-15-7-5-8-16-38)23-25-41-29-37(4)47-33-45(40-19-9-6-10-20-40)32-46(47)28-36(3)42-26-27-44(31-42)43-21-13-18-39(30-43)17-12-11-14-35(41)2/h5,7-8,13,15-16,18,21,26,30-33,40-41,45H,1-4,6,9-12,14,17,19-20,22-25,27-29H2. The first-order valence-electron chi connectivity index (χ1n) is 18.6. The SMILES string of the molecule is C=C(CCc1ccccc1)CCC1CC(=C)C2=CC(C3CCCCC3)C=C2CC(=C)C2=CCC(=C2)c2cccc(c2)CCCCC1=C. The predicted molar refractivity (Wildman–Crippen MR) is 204 cm³/mol. The lowest BCUT2D eigenvalue weighted by atomic mass is 9.80. The third kappa shape index (κ3) is 8.84. The average molecular weight is 621 g/mol. The Kier molecular flexibility index (Phi) is 11.3. The number of benzene rings is 2. The van der Waals surface area contributed by atoms with Crippen molar-refractivity contribution in [3.8, 4) is 0 Å². The monoisotopic (exact) mass is 620 g/mol. The number of allylic oxidation sites excluding steroid dienone is 12. The number of hydrogen-bond acceptors (Lipinski definition) is 0. The van der Waals surface area contributed by atoms with E-state index in [9.17, 15) is 0 Å². The molecule has 0 amide bonds. The van der Waals surface area contributed by atoms with Crippen LogP contribution in [-0.2, 0) is 12.8 Å². The van der Waals surface area contributed by atoms with Gasteiger partial charge in [0.2, 0.25) is 0 Å². The molecule has 4 bridgehead atoms. The van der Waals surface area contributed by atoms with Gasteiger partial charge in [0.15, 0.2) is 0 Å². The minimum atomic E-state index is 0.431. The fraction of sp³-hybridized carbons (Fsp3) is 0.404. The molecule has 2 atom stereocenters. The number of aryl methyl sites for hydroxylation is 2. The van der Waals surface area contributed by atoms with Crippen LogP contribution in [0.25, 0.3) is 5.57 Å². The Morgan fingerprint density at radius 2 is 1.57 bits per heavy atom. The van der Waals surface area contributed by atoms with Gasteiger partial charge in [0.1, 0.15) is 0 Å². The zero-order chi connectivity index (χ0) is 32.6. The molecule has 2 aromatic rings. The van der Waals surface area contributed by atoms with Crippen LogP contribution in [-0.4, -0.2) is 0 Å². The second kappa shape index (κ2) is 16.0. The number of rotatable bonds is 7. The summed E-state index contributed by atoms with van der Waals surface area (Å²) in [6.45, 7) is 18.7. The third-order valence-corrected chi connectivity index (χ3v) is 11.4. The largest absolute Gasteiger partial charge is 0.0998 e. The molecule has 1 saturated carbocycles. The van der Waals surface area contributed by atoms with Gasteiger partial charge >= 0.3 is 0 Å². The summed E-state index contributed by atoms with van der Waals surface area (Å²) in [7, 11) is 0. The first-order chi connectivity index (χ1) is 22.9. The summed E-state index contributed by atoms with van der Waals surface area (Å²) >= 11 is 0. The van der Waals surface area contributed by atoms with Crippen LogP contribution < -0.4 is 0 Å². The molecule has 0 saturated heterocycles. The van der Waals surface area contributed by atoms with Gasteiger partial charge < -0.3 is 0 Å². The maximum Gasteiger partial charge on any atom is -0.000985 e. The maximum atomic E-state index is 4.81. The lowest BCUT2D eigenvalue weighted by molar-refractivity contribution is 0.319. The van der Waals surface area contributed by atoms with Crippen molar-refractivity contribution in [2.24, 2.45) is 17.8 Å². The van der Waals surface area contributed by atoms with Crippen molar-refractivity contribution in [1.82, 2.24) is 0 Å². The second-order valence-corrected chi connectivity index (χ2v) is 14.9. The summed E-state index contributed by atoms with van der Waals surface area (Å²) in [6.07, 6.45) is 28.7. The van der Waals surface area contributed by atoms with Crippen LogP contribution in [0.3, 0.4) is 0 Å². The van der Waals surface area contributed by atoms with E-state index in [-0.39, 0.29) is 0 Å². The lowest BCUT2D eigenvalue weighted by Crippen LogP contribution is -2.13. The Labute approximate surface area is 286 Å². The van der Waals surface area contributed by atoms with E-state index in [0.717, 1.165) is 63.7 Å². The molecule has 2 unspecified atom stereocenters. The molecule has 244 valence electrons. The van der Waals surface area contributed by atoms with Gasteiger partial charge in [-0.25, -0.2) is 0 Å². The predicted octanol–water partition coefficient (Wildman–Crippen LogP) is 13.2. The van der Waals surface area contributed by atoms with Gasteiger partial charge in [-0.2, -0.15) is 0 Å². The number of hydrogen-bond donors (Lipinski definition) is 0. The quantitative estimate of drug-likeness (QED) is 0.270. The highest BCUT2D eigenvalue weighted by Crippen LogP contribution is 2.44. The van der Waals surface area contributed by atoms with Crippen molar-refractivity contribution in [3.63, 3.8) is 0 Å². The van der Waals surface area contributed by atoms with E-state index >= 15 is 0 Å². The minimum Gasteiger partial charge on any atom is -0.0998 e. The summed E-state index contributed by atoms with van der Waals surface area (Å²) < 4.78 is 0. The van der Waals surface area contributed by atoms with E-state index in [1.54, 1.807) is 0 Å². The molecule has 2 aromatic carbocycles. The summed E-state index contributed by atoms with van der Waals surface area (Å²) in [4.78, 5) is 0. The third-order valence-electron chi connectivity index (χ3n) is 11.4. The topological polar surface area (TPSA) is 0 Å². The van der Waals surface area contributed by atoms with E-state index in [1.807, 2.05) is 0 Å². The Morgan fingerprint density at radius 1 is 0.766 bits per heavy atom. The van der Waals surface area contributed by atoms with Crippen molar-refractivity contribution in [2.45, 2.75) is 103 Å². The zero-order valence-electron chi connectivity index (χ0n) is 28.9. The van der Waals surface area contributed by atoms with Crippen LogP contribution in [0.2, 0.25) is 0 Å². The van der Waals surface area contributed by atoms with Crippen molar-refractivity contribution >= 4 is 5.57 Å². The van der Waals surface area contributed by atoms with Crippen LogP contribution in [0.15, 0.2) is 144 Å². The Bertz CT molecular complexity index is 1590. The minimum absolute atomic E-state index is 0.431. The highest BCUT2D eigenvalue weighted by molar-refractivity contribution is 5.75. The van der Waals surface area contributed by atoms with Crippen LogP contribution in [0.5, 0.6) is 0 Å². The molecule has 0 radical (unpaired) electrons. The van der Waals surface area contributed by atoms with Gasteiger partial charge in [-0.3, -0.25) is 0 Å². The normalized spacial score (nSPS) is 22.9. The molecule has 0 aliphatic heterocycles. The van der Waals surface area contributed by atoms with Crippen molar-refractivity contribution < 1.29 is 0 Å². The zero-order valence-corrected chi connectivity index (χ0v) is 28.9. The smallest absolute Gasteiger partial charge is 0.000985 e. The van der Waals surface area contributed by atoms with Gasteiger partial charge in [0.25, 0.3) is 0 Å². The molecule has 4 aliphatic rings. The summed E-state index contributed by atoms with van der Waals surface area (Å²) in [5.74, 6) is 1.73. The molecule has 0 N–H and O–H groups in total. The first kappa shape index (κ1) is 33.3. The van der Waals surface area contributed by atoms with Crippen molar-refractivity contribution in [3.05, 3.63) is 161 Å². The summed E-state index contributed by atoms with van der Waals surface area (Å²) in [5, 5.41) is 0. The fourth-order valence-corrected chi connectivity index (χ4v) is 8.40. The van der Waals surface area contributed by atoms with E-state index in [2.05, 4.69) is 92.1 Å². The summed E-state index contributed by atoms with van der Waals surface area (Å²) in [5.41, 5.74) is 15.1. The molecule has 0 heteroatoms. The van der Waals surface area contributed by atoms with Crippen LogP contribution >= 0.6 is 0 Å². The molecule has 6 rings (SSSR count). The molecular formula is C47H56. The Hall–Kier alpha value is -3.64. The summed E-state index contributed by atoms with van der Waals surface area (Å²) in [6, 6.07) is 20.1. The van der Waals surface area contributed by atoms with Crippen LogP contribution in [0, 0.1) is 17.8 Å². The molecular weight excluding hydrogens is 565 g/mol. The molecule has 0 nitrogen and oxygen atoms in total. The van der Waals surface area contributed by atoms with Gasteiger partial charge in [-0.15, -0.1) is 0 Å². The molecule has 0 heterocycles. The lowest BCUT2D eigenvalue weighted by Gasteiger charge is -2.25. The molecule has 4 aliphatic carbocycles. The van der Waals surface area contributed by atoms with Crippen LogP contribution in [0.4, 0.5) is 0 Å². The second-order valence-electron chi connectivity index (χ2n) is 14.9. The maximum absolute atomic E-state index is 4.81. The number of fused-ring (bicyclic) bond motifs is 5. The van der Waals surface area contributed by atoms with Crippen molar-refractivity contribution in [1.29, 1.82) is 0 Å². The molecule has 1 fully saturated rings. The van der Waals surface area contributed by atoms with Crippen LogP contribution in [0.1, 0.15) is 107 Å². The average Bonchev–Trinajstić information content (AvgIpc) is 3.77. The first-order valence-corrected chi connectivity index (χ1v) is 18.6. The van der Waals surface area contributed by atoms with Gasteiger partial charge in [-0.1, -0.05) is 136 Å². The van der Waals surface area contributed by atoms with E-state index < -0.39 is 0 Å². The molecule has 0 aromatic heterocycles. The highest BCUT2D eigenvalue weighted by atomic mass is 14.3. The highest BCUT2D eigenvalue weighted by Gasteiger charge is 2.29. The van der Waals surface area contributed by atoms with E-state index in [4.69, 9.17) is 13.2 Å². The van der Waals surface area contributed by atoms with E-state index in [0.29, 0.717) is 11.8 Å². The Morgan fingerprint density at radius 3 is 2.40 bits per heavy atom. The van der Waals surface area contributed by atoms with E-state index in [1.165, 1.54) is 106 Å². The molecule has 0 spiro atoms. The Balaban J connectivity index is 1.23. The van der Waals surface area contributed by atoms with Crippen molar-refractivity contribution in [2.75, 3.05) is 0 Å². The van der Waals surface area contributed by atoms with Gasteiger partial charge in [-0.05, 0) is 151 Å².